The summed E-state index contributed by atoms with van der Waals surface area (Å²) in [6.45, 7) is 8.20. The maximum atomic E-state index is 14.1. The first-order valence-electron chi connectivity index (χ1n) is 15.3. The standard InChI is InChI=1S/C40H26N2O4/c1-17-11-18(2)14-21(13-17)29-30(22-15-19(3)12-20(4)16-22)36-35-28(39(45)42-40(36)46)9-6-24-23-5-8-26-32-27(38(44)41-37(26)43)10-7-25(31(23)32)34(29)33(24)35/h5-16H,1-4H3,(H,41,43,44)(H,42,45,46). The fourth-order valence-electron chi connectivity index (χ4n) is 8.12. The maximum absolute atomic E-state index is 14.1. The molecule has 0 fully saturated rings. The van der Waals surface area contributed by atoms with E-state index in [1.807, 2.05) is 32.0 Å². The van der Waals surface area contributed by atoms with E-state index in [1.165, 1.54) is 0 Å². The van der Waals surface area contributed by atoms with Crippen molar-refractivity contribution in [3.63, 3.8) is 0 Å². The molecule has 2 N–H and O–H groups in total. The number of fused-ring (bicyclic) bond motifs is 2. The molecule has 2 aliphatic heterocycles. The summed E-state index contributed by atoms with van der Waals surface area (Å²) in [5.41, 5.74) is 9.51. The fraction of sp³-hybridized carbons (Fsp3) is 0.100. The third-order valence-corrected chi connectivity index (χ3v) is 9.61. The summed E-state index contributed by atoms with van der Waals surface area (Å²) in [6, 6.07) is 23.8. The van der Waals surface area contributed by atoms with Gasteiger partial charge in [0, 0.05) is 33.0 Å². The fourth-order valence-corrected chi connectivity index (χ4v) is 8.12. The molecule has 0 aromatic heterocycles. The zero-order valence-electron chi connectivity index (χ0n) is 25.6. The first-order chi connectivity index (χ1) is 22.1. The molecule has 46 heavy (non-hydrogen) atoms. The number of benzene rings is 7. The summed E-state index contributed by atoms with van der Waals surface area (Å²) in [4.78, 5) is 53.8. The third-order valence-electron chi connectivity index (χ3n) is 9.61. The first-order valence-corrected chi connectivity index (χ1v) is 15.3. The van der Waals surface area contributed by atoms with Crippen LogP contribution < -0.4 is 10.6 Å². The van der Waals surface area contributed by atoms with Crippen LogP contribution in [-0.4, -0.2) is 23.6 Å². The Bertz CT molecular complexity index is 2590. The molecule has 0 saturated carbocycles. The van der Waals surface area contributed by atoms with Gasteiger partial charge in [-0.3, -0.25) is 29.8 Å². The van der Waals surface area contributed by atoms with Gasteiger partial charge in [0.15, 0.2) is 0 Å². The number of rotatable bonds is 2. The van der Waals surface area contributed by atoms with Crippen molar-refractivity contribution in [1.29, 1.82) is 0 Å². The number of nitrogens with one attached hydrogen (secondary N) is 2. The van der Waals surface area contributed by atoms with Crippen LogP contribution in [-0.2, 0) is 0 Å². The van der Waals surface area contributed by atoms with E-state index in [0.717, 1.165) is 76.8 Å². The van der Waals surface area contributed by atoms with Crippen LogP contribution in [0.4, 0.5) is 0 Å². The molecule has 6 heteroatoms. The van der Waals surface area contributed by atoms with Crippen LogP contribution in [0.25, 0.3) is 65.3 Å². The minimum Gasteiger partial charge on any atom is -0.288 e. The Hall–Kier alpha value is -5.88. The molecule has 220 valence electrons. The van der Waals surface area contributed by atoms with Crippen LogP contribution in [0.5, 0.6) is 0 Å². The summed E-state index contributed by atoms with van der Waals surface area (Å²) in [5, 5.41) is 11.4. The van der Waals surface area contributed by atoms with Gasteiger partial charge < -0.3 is 0 Å². The normalized spacial score (nSPS) is 14.2. The highest BCUT2D eigenvalue weighted by Gasteiger charge is 2.35. The van der Waals surface area contributed by atoms with E-state index in [9.17, 15) is 19.2 Å². The predicted octanol–water partition coefficient (Wildman–Crippen LogP) is 8.07. The van der Waals surface area contributed by atoms with Crippen molar-refractivity contribution in [2.24, 2.45) is 0 Å². The second-order valence-electron chi connectivity index (χ2n) is 12.8. The van der Waals surface area contributed by atoms with E-state index in [0.29, 0.717) is 33.0 Å². The predicted molar refractivity (Wildman–Crippen MR) is 181 cm³/mol. The molecule has 4 amide bonds. The summed E-state index contributed by atoms with van der Waals surface area (Å²) < 4.78 is 0. The average Bonchev–Trinajstić information content (AvgIpc) is 3.00. The second kappa shape index (κ2) is 8.86. The lowest BCUT2D eigenvalue weighted by Crippen LogP contribution is -2.35. The van der Waals surface area contributed by atoms with Gasteiger partial charge in [-0.25, -0.2) is 0 Å². The average molecular weight is 599 g/mol. The lowest BCUT2D eigenvalue weighted by molar-refractivity contribution is 0.0828. The van der Waals surface area contributed by atoms with Crippen molar-refractivity contribution in [3.8, 4) is 22.3 Å². The molecule has 0 spiro atoms. The second-order valence-corrected chi connectivity index (χ2v) is 12.8. The first kappa shape index (κ1) is 26.5. The van der Waals surface area contributed by atoms with Crippen LogP contribution in [0, 0.1) is 27.7 Å². The largest absolute Gasteiger partial charge is 0.288 e. The summed E-state index contributed by atoms with van der Waals surface area (Å²) >= 11 is 0. The smallest absolute Gasteiger partial charge is 0.259 e. The Morgan fingerprint density at radius 2 is 0.804 bits per heavy atom. The Morgan fingerprint density at radius 1 is 0.370 bits per heavy atom. The Labute approximate surface area is 263 Å². The molecule has 0 bridgehead atoms. The highest BCUT2D eigenvalue weighted by molar-refractivity contribution is 6.44. The minimum atomic E-state index is -0.432. The van der Waals surface area contributed by atoms with Gasteiger partial charge in [0.25, 0.3) is 23.6 Å². The molecule has 0 radical (unpaired) electrons. The zero-order valence-corrected chi connectivity index (χ0v) is 25.6. The molecule has 7 aromatic rings. The van der Waals surface area contributed by atoms with E-state index in [4.69, 9.17) is 0 Å². The number of carbonyl (C=O) groups is 4. The van der Waals surface area contributed by atoms with Crippen LogP contribution in [0.2, 0.25) is 0 Å². The van der Waals surface area contributed by atoms with Crippen molar-refractivity contribution >= 4 is 66.7 Å². The van der Waals surface area contributed by atoms with Crippen molar-refractivity contribution in [2.75, 3.05) is 0 Å². The summed E-state index contributed by atoms with van der Waals surface area (Å²) in [6.07, 6.45) is 0. The number of carbonyl (C=O) groups excluding carboxylic acids is 4. The lowest BCUT2D eigenvalue weighted by Gasteiger charge is -2.28. The summed E-state index contributed by atoms with van der Waals surface area (Å²) in [5.74, 6) is -1.71. The van der Waals surface area contributed by atoms with Gasteiger partial charge in [-0.2, -0.15) is 0 Å². The number of hydrogen-bond acceptors (Lipinski definition) is 4. The molecular weight excluding hydrogens is 572 g/mol. The van der Waals surface area contributed by atoms with Crippen molar-refractivity contribution in [2.45, 2.75) is 27.7 Å². The SMILES string of the molecule is Cc1cc(C)cc(-c2c3c4c(ccc5c6ccc7c8c(ccc(c(c2-c2cc(C)cc(C)c2)c45)c86)C(=O)NC7=O)C(=O)NC3=O)c1. The van der Waals surface area contributed by atoms with Crippen molar-refractivity contribution in [3.05, 3.63) is 117 Å². The topological polar surface area (TPSA) is 92.3 Å². The number of imide groups is 2. The van der Waals surface area contributed by atoms with E-state index in [2.05, 4.69) is 60.9 Å². The number of amides is 4. The van der Waals surface area contributed by atoms with E-state index in [-0.39, 0.29) is 0 Å². The van der Waals surface area contributed by atoms with Crippen molar-refractivity contribution < 1.29 is 19.2 Å². The number of aryl methyl sites for hydroxylation is 4. The van der Waals surface area contributed by atoms with Crippen LogP contribution in [0.1, 0.15) is 63.7 Å². The molecular formula is C40H26N2O4. The molecule has 7 aromatic carbocycles. The molecule has 9 rings (SSSR count). The van der Waals surface area contributed by atoms with Gasteiger partial charge in [-0.1, -0.05) is 76.9 Å². The molecule has 0 atom stereocenters. The van der Waals surface area contributed by atoms with Crippen LogP contribution >= 0.6 is 0 Å². The van der Waals surface area contributed by atoms with Gasteiger partial charge in [-0.15, -0.1) is 0 Å². The molecule has 2 heterocycles. The molecule has 6 nitrogen and oxygen atoms in total. The third kappa shape index (κ3) is 3.36. The highest BCUT2D eigenvalue weighted by Crippen LogP contribution is 2.52. The minimum absolute atomic E-state index is 0.426. The Balaban J connectivity index is 1.66. The summed E-state index contributed by atoms with van der Waals surface area (Å²) in [7, 11) is 0. The Kier molecular flexibility index (Phi) is 5.10. The lowest BCUT2D eigenvalue weighted by atomic mass is 9.76. The Morgan fingerprint density at radius 3 is 1.35 bits per heavy atom. The van der Waals surface area contributed by atoms with E-state index in [1.54, 1.807) is 18.2 Å². The van der Waals surface area contributed by atoms with E-state index >= 15 is 0 Å². The molecule has 0 saturated heterocycles. The molecule has 2 aliphatic rings. The maximum Gasteiger partial charge on any atom is 0.259 e. The van der Waals surface area contributed by atoms with Gasteiger partial charge in [-0.05, 0) is 94.9 Å². The van der Waals surface area contributed by atoms with E-state index < -0.39 is 23.6 Å². The van der Waals surface area contributed by atoms with Gasteiger partial charge in [0.2, 0.25) is 0 Å². The molecule has 0 aliphatic carbocycles. The highest BCUT2D eigenvalue weighted by atomic mass is 16.2. The number of hydrogen-bond donors (Lipinski definition) is 2. The zero-order chi connectivity index (χ0) is 31.8. The quantitative estimate of drug-likeness (QED) is 0.120. The van der Waals surface area contributed by atoms with Crippen molar-refractivity contribution in [1.82, 2.24) is 10.6 Å². The van der Waals surface area contributed by atoms with Crippen LogP contribution in [0.3, 0.4) is 0 Å². The monoisotopic (exact) mass is 598 g/mol. The van der Waals surface area contributed by atoms with Crippen LogP contribution in [0.15, 0.2) is 72.8 Å². The van der Waals surface area contributed by atoms with Gasteiger partial charge in [0.1, 0.15) is 0 Å². The van der Waals surface area contributed by atoms with Gasteiger partial charge in [0.05, 0.1) is 5.56 Å². The molecule has 0 unspecified atom stereocenters. The van der Waals surface area contributed by atoms with Gasteiger partial charge >= 0.3 is 0 Å².